The van der Waals surface area contributed by atoms with Crippen molar-refractivity contribution in [1.82, 2.24) is 0 Å². The summed E-state index contributed by atoms with van der Waals surface area (Å²) < 4.78 is 0. The average molecular weight is 210 g/mol. The van der Waals surface area contributed by atoms with Gasteiger partial charge in [-0.2, -0.15) is 0 Å². The minimum absolute atomic E-state index is 0.884. The molecule has 0 aromatic rings. The first-order chi connectivity index (χ1) is 7.18. The highest BCUT2D eigenvalue weighted by Crippen LogP contribution is 2.29. The second kappa shape index (κ2) is 7.30. The molecule has 0 bridgehead atoms. The highest BCUT2D eigenvalue weighted by molar-refractivity contribution is 4.66. The monoisotopic (exact) mass is 210 g/mol. The van der Waals surface area contributed by atoms with Crippen LogP contribution in [0.2, 0.25) is 0 Å². The highest BCUT2D eigenvalue weighted by Gasteiger charge is 2.13. The molecule has 0 N–H and O–H groups in total. The lowest BCUT2D eigenvalue weighted by molar-refractivity contribution is 0.312. The smallest absolute Gasteiger partial charge is 0.0414 e. The average Bonchev–Trinajstić information content (AvgIpc) is 2.18. The Balaban J connectivity index is 1.99. The minimum Gasteiger partial charge on any atom is -0.0628 e. The van der Waals surface area contributed by atoms with E-state index < -0.39 is 0 Å². The Hall–Kier alpha value is 0. The summed E-state index contributed by atoms with van der Waals surface area (Å²) in [6.45, 7) is 7.12. The van der Waals surface area contributed by atoms with Crippen LogP contribution in [0.15, 0.2) is 0 Å². The summed E-state index contributed by atoms with van der Waals surface area (Å²) in [6.07, 6.45) is 13.5. The van der Waals surface area contributed by atoms with Gasteiger partial charge in [-0.25, -0.2) is 0 Å². The molecule has 0 aliphatic heterocycles. The first-order valence-corrected chi connectivity index (χ1v) is 7.18. The van der Waals surface area contributed by atoms with Crippen LogP contribution in [0.5, 0.6) is 0 Å². The molecule has 1 atom stereocenters. The molecule has 1 saturated carbocycles. The third-order valence-electron chi connectivity index (χ3n) is 3.91. The molecule has 0 amide bonds. The van der Waals surface area contributed by atoms with Gasteiger partial charge in [-0.15, -0.1) is 0 Å². The predicted octanol–water partition coefficient (Wildman–Crippen LogP) is 5.42. The maximum atomic E-state index is 2.43. The molecule has 0 radical (unpaired) electrons. The fourth-order valence-corrected chi connectivity index (χ4v) is 3.15. The van der Waals surface area contributed by atoms with Crippen LogP contribution in [0.1, 0.15) is 78.6 Å². The van der Waals surface area contributed by atoms with E-state index in [1.165, 1.54) is 57.8 Å². The Morgan fingerprint density at radius 3 is 2.27 bits per heavy atom. The lowest BCUT2D eigenvalue weighted by Gasteiger charge is -2.22. The Bertz CT molecular complexity index is 142. The zero-order valence-electron chi connectivity index (χ0n) is 11.1. The van der Waals surface area contributed by atoms with Crippen LogP contribution in [0.3, 0.4) is 0 Å². The van der Waals surface area contributed by atoms with Gasteiger partial charge in [0, 0.05) is 0 Å². The summed E-state index contributed by atoms with van der Waals surface area (Å²) in [5.41, 5.74) is 0. The van der Waals surface area contributed by atoms with E-state index in [-0.39, 0.29) is 0 Å². The summed E-state index contributed by atoms with van der Waals surface area (Å²) in [7, 11) is 0. The van der Waals surface area contributed by atoms with Gasteiger partial charge in [-0.05, 0) is 24.2 Å². The van der Waals surface area contributed by atoms with Crippen LogP contribution in [0.25, 0.3) is 0 Å². The maximum Gasteiger partial charge on any atom is -0.0414 e. The van der Waals surface area contributed by atoms with Crippen LogP contribution >= 0.6 is 0 Å². The van der Waals surface area contributed by atoms with Crippen molar-refractivity contribution >= 4 is 0 Å². The van der Waals surface area contributed by atoms with E-state index in [1.807, 2.05) is 0 Å². The van der Waals surface area contributed by atoms with E-state index in [0.29, 0.717) is 0 Å². The van der Waals surface area contributed by atoms with Gasteiger partial charge < -0.3 is 0 Å². The van der Waals surface area contributed by atoms with Gasteiger partial charge in [-0.1, -0.05) is 72.1 Å². The van der Waals surface area contributed by atoms with Crippen molar-refractivity contribution in [1.29, 1.82) is 0 Å². The van der Waals surface area contributed by atoms with E-state index in [9.17, 15) is 0 Å². The van der Waals surface area contributed by atoms with Crippen molar-refractivity contribution in [2.45, 2.75) is 78.6 Å². The largest absolute Gasteiger partial charge is 0.0628 e. The fourth-order valence-electron chi connectivity index (χ4n) is 3.15. The minimum atomic E-state index is 0.884. The molecular formula is C15H30. The molecule has 0 saturated heterocycles. The third kappa shape index (κ3) is 6.22. The molecule has 0 aromatic heterocycles. The van der Waals surface area contributed by atoms with Crippen molar-refractivity contribution in [2.75, 3.05) is 0 Å². The first kappa shape index (κ1) is 13.1. The van der Waals surface area contributed by atoms with Gasteiger partial charge in [0.15, 0.2) is 0 Å². The molecule has 0 heteroatoms. The van der Waals surface area contributed by atoms with E-state index >= 15 is 0 Å². The Morgan fingerprint density at radius 1 is 1.00 bits per heavy atom. The number of hydrogen-bond donors (Lipinski definition) is 0. The number of rotatable bonds is 6. The lowest BCUT2D eigenvalue weighted by Crippen LogP contribution is -2.07. The molecule has 0 spiro atoms. The molecular weight excluding hydrogens is 180 g/mol. The molecule has 0 aromatic carbocycles. The van der Waals surface area contributed by atoms with E-state index in [1.54, 1.807) is 0 Å². The molecule has 1 unspecified atom stereocenters. The van der Waals surface area contributed by atoms with Crippen LogP contribution in [-0.2, 0) is 0 Å². The summed E-state index contributed by atoms with van der Waals surface area (Å²) in [5, 5.41) is 0. The molecule has 90 valence electrons. The van der Waals surface area contributed by atoms with Gasteiger partial charge in [0.05, 0.1) is 0 Å². The molecule has 0 heterocycles. The fraction of sp³-hybridized carbons (Fsp3) is 1.00. The molecule has 15 heavy (non-hydrogen) atoms. The van der Waals surface area contributed by atoms with Gasteiger partial charge >= 0.3 is 0 Å². The summed E-state index contributed by atoms with van der Waals surface area (Å²) in [4.78, 5) is 0. The van der Waals surface area contributed by atoms with Crippen LogP contribution < -0.4 is 0 Å². The Morgan fingerprint density at radius 2 is 1.67 bits per heavy atom. The quantitative estimate of drug-likeness (QED) is 0.549. The van der Waals surface area contributed by atoms with E-state index in [4.69, 9.17) is 0 Å². The zero-order chi connectivity index (χ0) is 11.1. The van der Waals surface area contributed by atoms with Crippen LogP contribution in [0.4, 0.5) is 0 Å². The van der Waals surface area contributed by atoms with Crippen molar-refractivity contribution in [3.8, 4) is 0 Å². The molecule has 1 aliphatic rings. The van der Waals surface area contributed by atoms with Crippen LogP contribution in [0, 0.1) is 17.8 Å². The normalized spacial score (nSPS) is 20.8. The van der Waals surface area contributed by atoms with Gasteiger partial charge in [0.2, 0.25) is 0 Å². The topological polar surface area (TPSA) is 0 Å². The third-order valence-corrected chi connectivity index (χ3v) is 3.91. The molecule has 0 nitrogen and oxygen atoms in total. The summed E-state index contributed by atoms with van der Waals surface area (Å²) >= 11 is 0. The summed E-state index contributed by atoms with van der Waals surface area (Å²) in [5.74, 6) is 2.92. The van der Waals surface area contributed by atoms with Crippen molar-refractivity contribution in [3.63, 3.8) is 0 Å². The summed E-state index contributed by atoms with van der Waals surface area (Å²) in [6, 6.07) is 0. The van der Waals surface area contributed by atoms with Gasteiger partial charge in [0.25, 0.3) is 0 Å². The van der Waals surface area contributed by atoms with Crippen molar-refractivity contribution in [2.24, 2.45) is 17.8 Å². The molecule has 1 fully saturated rings. The van der Waals surface area contributed by atoms with Crippen molar-refractivity contribution in [3.05, 3.63) is 0 Å². The van der Waals surface area contributed by atoms with E-state index in [0.717, 1.165) is 17.8 Å². The van der Waals surface area contributed by atoms with E-state index in [2.05, 4.69) is 20.8 Å². The zero-order valence-corrected chi connectivity index (χ0v) is 11.1. The standard InChI is InChI=1S/C15H30/c1-13(2)12-14(3)8-7-11-15-9-5-4-6-10-15/h13-15H,4-12H2,1-3H3. The lowest BCUT2D eigenvalue weighted by atomic mass is 9.84. The number of hydrogen-bond acceptors (Lipinski definition) is 0. The molecule has 1 rings (SSSR count). The highest BCUT2D eigenvalue weighted by atomic mass is 14.2. The van der Waals surface area contributed by atoms with Crippen LogP contribution in [-0.4, -0.2) is 0 Å². The maximum absolute atomic E-state index is 2.43. The van der Waals surface area contributed by atoms with Gasteiger partial charge in [-0.3, -0.25) is 0 Å². The predicted molar refractivity (Wildman–Crippen MR) is 69.0 cm³/mol. The first-order valence-electron chi connectivity index (χ1n) is 7.18. The van der Waals surface area contributed by atoms with Gasteiger partial charge in [0.1, 0.15) is 0 Å². The second-order valence-corrected chi connectivity index (χ2v) is 6.17. The van der Waals surface area contributed by atoms with Crippen molar-refractivity contribution < 1.29 is 0 Å². The molecule has 1 aliphatic carbocycles. The SMILES string of the molecule is CC(C)CC(C)CCCC1CCCCC1. The Kier molecular flexibility index (Phi) is 6.36. The Labute approximate surface area is 96.8 Å². The second-order valence-electron chi connectivity index (χ2n) is 6.17.